The van der Waals surface area contributed by atoms with E-state index >= 15 is 0 Å². The van der Waals surface area contributed by atoms with Crippen molar-refractivity contribution in [1.29, 1.82) is 0 Å². The van der Waals surface area contributed by atoms with Crippen LogP contribution in [0.3, 0.4) is 0 Å². The zero-order valence-corrected chi connectivity index (χ0v) is 16.6. The number of carbonyl (C=O) groups is 1. The van der Waals surface area contributed by atoms with E-state index in [-0.39, 0.29) is 5.91 Å². The van der Waals surface area contributed by atoms with Gasteiger partial charge in [-0.25, -0.2) is 19.6 Å². The Morgan fingerprint density at radius 2 is 1.97 bits per heavy atom. The molecule has 3 aromatic heterocycles. The van der Waals surface area contributed by atoms with E-state index in [9.17, 15) is 4.79 Å². The highest BCUT2D eigenvalue weighted by atomic mass is 16.2. The normalized spacial score (nSPS) is 13.1. The lowest BCUT2D eigenvalue weighted by atomic mass is 10.1. The minimum atomic E-state index is -0.0343. The molecule has 0 saturated carbocycles. The minimum absolute atomic E-state index is 0.0343. The van der Waals surface area contributed by atoms with Gasteiger partial charge in [0.05, 0.1) is 11.4 Å². The average Bonchev–Trinajstić information content (AvgIpc) is 3.37. The Bertz CT molecular complexity index is 1220. The number of benzene rings is 1. The molecule has 1 aromatic carbocycles. The van der Waals surface area contributed by atoms with Crippen molar-refractivity contribution in [2.24, 2.45) is 0 Å². The molecule has 2 N–H and O–H groups in total. The quantitative estimate of drug-likeness (QED) is 0.546. The van der Waals surface area contributed by atoms with Crippen molar-refractivity contribution < 1.29 is 4.79 Å². The molecule has 0 saturated heterocycles. The maximum atomic E-state index is 12.3. The van der Waals surface area contributed by atoms with E-state index in [0.29, 0.717) is 18.2 Å². The molecule has 1 amide bonds. The van der Waals surface area contributed by atoms with Gasteiger partial charge in [0.25, 0.3) is 5.91 Å². The van der Waals surface area contributed by atoms with Crippen LogP contribution in [0, 0.1) is 13.8 Å². The van der Waals surface area contributed by atoms with Gasteiger partial charge in [-0.05, 0) is 49.7 Å². The first kappa shape index (κ1) is 18.0. The lowest BCUT2D eigenvalue weighted by molar-refractivity contribution is 0.0926. The molecule has 0 unspecified atom stereocenters. The third kappa shape index (κ3) is 3.00. The SMILES string of the molecule is Cc1c(-c2ccnc(Nc3ccc(-n4cncn4)cc3)n2)c(C)n2c1C(=O)NCC2. The summed E-state index contributed by atoms with van der Waals surface area (Å²) in [5, 5.41) is 10.3. The Morgan fingerprint density at radius 3 is 2.70 bits per heavy atom. The molecule has 1 aliphatic heterocycles. The van der Waals surface area contributed by atoms with Gasteiger partial charge in [-0.1, -0.05) is 0 Å². The van der Waals surface area contributed by atoms with E-state index in [1.54, 1.807) is 17.2 Å². The zero-order chi connectivity index (χ0) is 20.7. The van der Waals surface area contributed by atoms with Crippen molar-refractivity contribution in [2.45, 2.75) is 20.4 Å². The number of hydrogen-bond donors (Lipinski definition) is 2. The minimum Gasteiger partial charge on any atom is -0.349 e. The third-order valence-electron chi connectivity index (χ3n) is 5.32. The van der Waals surface area contributed by atoms with E-state index in [1.807, 2.05) is 44.2 Å². The number of rotatable bonds is 4. The number of fused-ring (bicyclic) bond motifs is 1. The summed E-state index contributed by atoms with van der Waals surface area (Å²) in [4.78, 5) is 25.4. The number of nitrogens with one attached hydrogen (secondary N) is 2. The second-order valence-corrected chi connectivity index (χ2v) is 7.12. The molecule has 0 atom stereocenters. The second kappa shape index (κ2) is 7.11. The smallest absolute Gasteiger partial charge is 0.268 e. The number of aromatic nitrogens is 6. The topological polar surface area (TPSA) is 103 Å². The van der Waals surface area contributed by atoms with Crippen LogP contribution in [0.1, 0.15) is 21.7 Å². The summed E-state index contributed by atoms with van der Waals surface area (Å²) in [7, 11) is 0. The summed E-state index contributed by atoms with van der Waals surface area (Å²) in [5.74, 6) is 0.460. The lowest BCUT2D eigenvalue weighted by Crippen LogP contribution is -2.35. The maximum absolute atomic E-state index is 12.3. The third-order valence-corrected chi connectivity index (χ3v) is 5.32. The van der Waals surface area contributed by atoms with Gasteiger partial charge in [-0.2, -0.15) is 5.10 Å². The molecule has 0 bridgehead atoms. The van der Waals surface area contributed by atoms with Gasteiger partial charge in [0.2, 0.25) is 5.95 Å². The highest BCUT2D eigenvalue weighted by Crippen LogP contribution is 2.32. The van der Waals surface area contributed by atoms with Crippen molar-refractivity contribution >= 4 is 17.5 Å². The standard InChI is InChI=1S/C21H20N8O/c1-13-18(14(2)28-10-9-23-20(30)19(13)28)17-7-8-24-21(27-17)26-15-3-5-16(6-4-15)29-12-22-11-25-29/h3-8,11-12H,9-10H2,1-2H3,(H,23,30)(H,24,26,27). The van der Waals surface area contributed by atoms with Gasteiger partial charge in [0.1, 0.15) is 18.3 Å². The Labute approximate surface area is 172 Å². The highest BCUT2D eigenvalue weighted by Gasteiger charge is 2.26. The van der Waals surface area contributed by atoms with Crippen molar-refractivity contribution in [3.05, 3.63) is 66.1 Å². The Kier molecular flexibility index (Phi) is 4.27. The van der Waals surface area contributed by atoms with Gasteiger partial charge >= 0.3 is 0 Å². The fourth-order valence-corrected chi connectivity index (χ4v) is 3.94. The molecule has 9 nitrogen and oxygen atoms in total. The predicted octanol–water partition coefficient (Wildman–Crippen LogP) is 2.63. The molecular formula is C21H20N8O. The molecule has 0 aliphatic carbocycles. The van der Waals surface area contributed by atoms with Crippen molar-refractivity contribution in [3.63, 3.8) is 0 Å². The van der Waals surface area contributed by atoms with E-state index < -0.39 is 0 Å². The second-order valence-electron chi connectivity index (χ2n) is 7.12. The first-order chi connectivity index (χ1) is 14.6. The van der Waals surface area contributed by atoms with Crippen LogP contribution in [-0.2, 0) is 6.54 Å². The Balaban J connectivity index is 1.45. The zero-order valence-electron chi connectivity index (χ0n) is 16.6. The van der Waals surface area contributed by atoms with Crippen LogP contribution in [0.4, 0.5) is 11.6 Å². The molecule has 4 aromatic rings. The Hall–Kier alpha value is -4.01. The summed E-state index contributed by atoms with van der Waals surface area (Å²) in [6.07, 6.45) is 4.88. The number of amides is 1. The van der Waals surface area contributed by atoms with Crippen LogP contribution >= 0.6 is 0 Å². The first-order valence-corrected chi connectivity index (χ1v) is 9.65. The summed E-state index contributed by atoms with van der Waals surface area (Å²) >= 11 is 0. The molecule has 0 radical (unpaired) electrons. The van der Waals surface area contributed by atoms with E-state index in [4.69, 9.17) is 4.98 Å². The average molecular weight is 400 g/mol. The summed E-state index contributed by atoms with van der Waals surface area (Å²) in [5.41, 5.74) is 6.23. The van der Waals surface area contributed by atoms with Crippen LogP contribution in [0.15, 0.2) is 49.2 Å². The van der Waals surface area contributed by atoms with Gasteiger partial charge in [-0.15, -0.1) is 0 Å². The van der Waals surface area contributed by atoms with Crippen LogP contribution in [0.5, 0.6) is 0 Å². The van der Waals surface area contributed by atoms with Gasteiger partial charge in [-0.3, -0.25) is 4.79 Å². The monoisotopic (exact) mass is 400 g/mol. The van der Waals surface area contributed by atoms with Crippen LogP contribution in [0.2, 0.25) is 0 Å². The fraction of sp³-hybridized carbons (Fsp3) is 0.190. The van der Waals surface area contributed by atoms with E-state index in [0.717, 1.165) is 40.4 Å². The lowest BCUT2D eigenvalue weighted by Gasteiger charge is -2.17. The van der Waals surface area contributed by atoms with Gasteiger partial charge in [0.15, 0.2) is 0 Å². The molecule has 1 aliphatic rings. The largest absolute Gasteiger partial charge is 0.349 e. The molecule has 0 spiro atoms. The van der Waals surface area contributed by atoms with E-state index in [1.165, 1.54) is 6.33 Å². The van der Waals surface area contributed by atoms with Crippen LogP contribution < -0.4 is 10.6 Å². The highest BCUT2D eigenvalue weighted by molar-refractivity contribution is 5.97. The molecular weight excluding hydrogens is 380 g/mol. The summed E-state index contributed by atoms with van der Waals surface area (Å²) in [6, 6.07) is 9.62. The molecule has 150 valence electrons. The molecule has 5 rings (SSSR count). The number of hydrogen-bond acceptors (Lipinski definition) is 6. The summed E-state index contributed by atoms with van der Waals surface area (Å²) < 4.78 is 3.76. The van der Waals surface area contributed by atoms with Crippen LogP contribution in [-0.4, -0.2) is 41.8 Å². The van der Waals surface area contributed by atoms with Gasteiger partial charge < -0.3 is 15.2 Å². The number of carbonyl (C=O) groups excluding carboxylic acids is 1. The van der Waals surface area contributed by atoms with Crippen molar-refractivity contribution in [1.82, 2.24) is 34.6 Å². The fourth-order valence-electron chi connectivity index (χ4n) is 3.94. The van der Waals surface area contributed by atoms with Crippen molar-refractivity contribution in [2.75, 3.05) is 11.9 Å². The predicted molar refractivity (Wildman–Crippen MR) is 112 cm³/mol. The molecule has 0 fully saturated rings. The molecule has 9 heteroatoms. The number of anilines is 2. The van der Waals surface area contributed by atoms with Gasteiger partial charge in [0, 0.05) is 36.2 Å². The molecule has 30 heavy (non-hydrogen) atoms. The van der Waals surface area contributed by atoms with E-state index in [2.05, 4.69) is 30.3 Å². The van der Waals surface area contributed by atoms with Crippen molar-refractivity contribution in [3.8, 4) is 16.9 Å². The maximum Gasteiger partial charge on any atom is 0.268 e. The van der Waals surface area contributed by atoms with Crippen LogP contribution in [0.25, 0.3) is 16.9 Å². The first-order valence-electron chi connectivity index (χ1n) is 9.65. The summed E-state index contributed by atoms with van der Waals surface area (Å²) in [6.45, 7) is 5.41. The molecule has 4 heterocycles. The Morgan fingerprint density at radius 1 is 1.13 bits per heavy atom. The number of nitrogens with zero attached hydrogens (tertiary/aromatic N) is 6.